The van der Waals surface area contributed by atoms with E-state index in [9.17, 15) is 4.39 Å². The molecule has 20 heavy (non-hydrogen) atoms. The SMILES string of the molecule is CC(C)CNCC1CCCCCC1c1cccc(F)c1. The zero-order chi connectivity index (χ0) is 14.4. The van der Waals surface area contributed by atoms with Gasteiger partial charge in [-0.2, -0.15) is 0 Å². The topological polar surface area (TPSA) is 12.0 Å². The molecule has 2 rings (SSSR count). The van der Waals surface area contributed by atoms with Crippen molar-refractivity contribution >= 4 is 0 Å². The maximum atomic E-state index is 13.5. The lowest BCUT2D eigenvalue weighted by atomic mass is 9.82. The van der Waals surface area contributed by atoms with Crippen LogP contribution in [-0.2, 0) is 0 Å². The van der Waals surface area contributed by atoms with Crippen LogP contribution < -0.4 is 5.32 Å². The fraction of sp³-hybridized carbons (Fsp3) is 0.667. The summed E-state index contributed by atoms with van der Waals surface area (Å²) in [6.07, 6.45) is 6.40. The molecule has 112 valence electrons. The van der Waals surface area contributed by atoms with Gasteiger partial charge in [-0.3, -0.25) is 0 Å². The van der Waals surface area contributed by atoms with E-state index < -0.39 is 0 Å². The van der Waals surface area contributed by atoms with Gasteiger partial charge < -0.3 is 5.32 Å². The molecule has 1 aliphatic carbocycles. The fourth-order valence-corrected chi connectivity index (χ4v) is 3.36. The molecule has 1 nitrogen and oxygen atoms in total. The van der Waals surface area contributed by atoms with Crippen molar-refractivity contribution < 1.29 is 4.39 Å². The first-order valence-corrected chi connectivity index (χ1v) is 8.13. The second kappa shape index (κ2) is 7.78. The molecule has 0 amide bonds. The average Bonchev–Trinajstić information content (AvgIpc) is 2.64. The molecule has 1 saturated carbocycles. The fourth-order valence-electron chi connectivity index (χ4n) is 3.36. The highest BCUT2D eigenvalue weighted by molar-refractivity contribution is 5.22. The molecule has 0 spiro atoms. The van der Waals surface area contributed by atoms with Crippen molar-refractivity contribution in [3.8, 4) is 0 Å². The summed E-state index contributed by atoms with van der Waals surface area (Å²) in [5.74, 6) is 1.76. The minimum Gasteiger partial charge on any atom is -0.316 e. The van der Waals surface area contributed by atoms with E-state index in [0.717, 1.165) is 13.1 Å². The third kappa shape index (κ3) is 4.59. The third-order valence-electron chi connectivity index (χ3n) is 4.40. The Balaban J connectivity index is 2.04. The summed E-state index contributed by atoms with van der Waals surface area (Å²) in [6, 6.07) is 7.25. The maximum absolute atomic E-state index is 13.5. The summed E-state index contributed by atoms with van der Waals surface area (Å²) >= 11 is 0. The minimum atomic E-state index is -0.0966. The van der Waals surface area contributed by atoms with Gasteiger partial charge in [0.1, 0.15) is 5.82 Å². The summed E-state index contributed by atoms with van der Waals surface area (Å²) in [7, 11) is 0. The first kappa shape index (κ1) is 15.5. The molecule has 1 N–H and O–H groups in total. The quantitative estimate of drug-likeness (QED) is 0.767. The van der Waals surface area contributed by atoms with Gasteiger partial charge in [0.05, 0.1) is 0 Å². The van der Waals surface area contributed by atoms with Crippen LogP contribution in [0.3, 0.4) is 0 Å². The van der Waals surface area contributed by atoms with E-state index in [1.165, 1.54) is 37.7 Å². The van der Waals surface area contributed by atoms with Gasteiger partial charge in [0, 0.05) is 0 Å². The molecule has 2 atom stereocenters. The number of rotatable bonds is 5. The molecule has 0 aromatic heterocycles. The molecule has 1 aromatic carbocycles. The Kier molecular flexibility index (Phi) is 6.03. The second-order valence-electron chi connectivity index (χ2n) is 6.61. The Bertz CT molecular complexity index is 402. The number of nitrogens with one attached hydrogen (secondary N) is 1. The van der Waals surface area contributed by atoms with Gasteiger partial charge in [-0.25, -0.2) is 4.39 Å². The molecule has 1 aliphatic rings. The summed E-state index contributed by atoms with van der Waals surface area (Å²) in [6.45, 7) is 6.63. The lowest BCUT2D eigenvalue weighted by Gasteiger charge is -2.26. The van der Waals surface area contributed by atoms with Gasteiger partial charge in [-0.05, 0) is 61.4 Å². The molecule has 0 heterocycles. The molecule has 1 fully saturated rings. The Labute approximate surface area is 123 Å². The van der Waals surface area contributed by atoms with Crippen LogP contribution in [0.5, 0.6) is 0 Å². The molecule has 2 unspecified atom stereocenters. The normalized spacial score (nSPS) is 23.8. The van der Waals surface area contributed by atoms with Gasteiger partial charge in [-0.15, -0.1) is 0 Å². The van der Waals surface area contributed by atoms with E-state index in [4.69, 9.17) is 0 Å². The van der Waals surface area contributed by atoms with Crippen LogP contribution in [0.25, 0.3) is 0 Å². The van der Waals surface area contributed by atoms with Crippen LogP contribution in [-0.4, -0.2) is 13.1 Å². The van der Waals surface area contributed by atoms with Crippen molar-refractivity contribution in [1.82, 2.24) is 5.32 Å². The lowest BCUT2D eigenvalue weighted by molar-refractivity contribution is 0.365. The Morgan fingerprint density at radius 1 is 1.20 bits per heavy atom. The maximum Gasteiger partial charge on any atom is 0.123 e. The molecule has 0 radical (unpaired) electrons. The van der Waals surface area contributed by atoms with Crippen LogP contribution in [0.4, 0.5) is 4.39 Å². The Hall–Kier alpha value is -0.890. The Morgan fingerprint density at radius 3 is 2.75 bits per heavy atom. The minimum absolute atomic E-state index is 0.0966. The van der Waals surface area contributed by atoms with Crippen molar-refractivity contribution in [2.75, 3.05) is 13.1 Å². The first-order chi connectivity index (χ1) is 9.66. The van der Waals surface area contributed by atoms with Crippen LogP contribution in [0.1, 0.15) is 57.4 Å². The second-order valence-corrected chi connectivity index (χ2v) is 6.61. The highest BCUT2D eigenvalue weighted by Crippen LogP contribution is 2.36. The number of benzene rings is 1. The molecule has 0 bridgehead atoms. The molecule has 0 aliphatic heterocycles. The predicted molar refractivity (Wildman–Crippen MR) is 83.4 cm³/mol. The van der Waals surface area contributed by atoms with E-state index in [0.29, 0.717) is 17.8 Å². The van der Waals surface area contributed by atoms with Crippen molar-refractivity contribution in [3.05, 3.63) is 35.6 Å². The van der Waals surface area contributed by atoms with E-state index in [-0.39, 0.29) is 5.82 Å². The van der Waals surface area contributed by atoms with Crippen molar-refractivity contribution in [2.24, 2.45) is 11.8 Å². The number of hydrogen-bond acceptors (Lipinski definition) is 1. The van der Waals surface area contributed by atoms with Crippen LogP contribution in [0, 0.1) is 17.7 Å². The third-order valence-corrected chi connectivity index (χ3v) is 4.40. The smallest absolute Gasteiger partial charge is 0.123 e. The van der Waals surface area contributed by atoms with E-state index >= 15 is 0 Å². The monoisotopic (exact) mass is 277 g/mol. The molecular formula is C18H28FN. The summed E-state index contributed by atoms with van der Waals surface area (Å²) < 4.78 is 13.5. The average molecular weight is 277 g/mol. The van der Waals surface area contributed by atoms with Gasteiger partial charge >= 0.3 is 0 Å². The van der Waals surface area contributed by atoms with Crippen molar-refractivity contribution in [2.45, 2.75) is 51.9 Å². The van der Waals surface area contributed by atoms with Gasteiger partial charge in [-0.1, -0.05) is 45.2 Å². The largest absolute Gasteiger partial charge is 0.316 e. The molecule has 2 heteroatoms. The molecule has 0 saturated heterocycles. The zero-order valence-corrected chi connectivity index (χ0v) is 12.9. The van der Waals surface area contributed by atoms with E-state index in [2.05, 4.69) is 25.2 Å². The van der Waals surface area contributed by atoms with Crippen LogP contribution in [0.15, 0.2) is 24.3 Å². The summed E-state index contributed by atoms with van der Waals surface area (Å²) in [5.41, 5.74) is 1.20. The highest BCUT2D eigenvalue weighted by Gasteiger charge is 2.25. The van der Waals surface area contributed by atoms with Gasteiger partial charge in [0.2, 0.25) is 0 Å². The van der Waals surface area contributed by atoms with Gasteiger partial charge in [0.15, 0.2) is 0 Å². The van der Waals surface area contributed by atoms with Gasteiger partial charge in [0.25, 0.3) is 0 Å². The molecule has 1 aromatic rings. The van der Waals surface area contributed by atoms with Crippen molar-refractivity contribution in [1.29, 1.82) is 0 Å². The highest BCUT2D eigenvalue weighted by atomic mass is 19.1. The summed E-state index contributed by atoms with van der Waals surface area (Å²) in [5, 5.41) is 3.60. The predicted octanol–water partition coefficient (Wildman–Crippen LogP) is 4.74. The lowest BCUT2D eigenvalue weighted by Crippen LogP contribution is -2.29. The number of halogens is 1. The van der Waals surface area contributed by atoms with Crippen molar-refractivity contribution in [3.63, 3.8) is 0 Å². The zero-order valence-electron chi connectivity index (χ0n) is 12.9. The van der Waals surface area contributed by atoms with Crippen LogP contribution >= 0.6 is 0 Å². The standard InChI is InChI=1S/C18H28FN/c1-14(2)12-20-13-16-7-4-3-5-10-18(16)15-8-6-9-17(19)11-15/h6,8-9,11,14,16,18,20H,3-5,7,10,12-13H2,1-2H3. The number of hydrogen-bond donors (Lipinski definition) is 1. The Morgan fingerprint density at radius 2 is 2.00 bits per heavy atom. The van der Waals surface area contributed by atoms with E-state index in [1.54, 1.807) is 12.1 Å². The first-order valence-electron chi connectivity index (χ1n) is 8.13. The van der Waals surface area contributed by atoms with Crippen LogP contribution in [0.2, 0.25) is 0 Å². The summed E-state index contributed by atoms with van der Waals surface area (Å²) in [4.78, 5) is 0. The van der Waals surface area contributed by atoms with E-state index in [1.807, 2.05) is 6.07 Å². The molecular weight excluding hydrogens is 249 g/mol.